The van der Waals surface area contributed by atoms with Gasteiger partial charge in [-0.15, -0.1) is 0 Å². The molecule has 102 valence electrons. The minimum Gasteiger partial charge on any atom is -0.380 e. The van der Waals surface area contributed by atoms with Crippen molar-refractivity contribution in [2.75, 3.05) is 27.2 Å². The quantitative estimate of drug-likeness (QED) is 0.686. The lowest BCUT2D eigenvalue weighted by atomic mass is 10.1. The maximum absolute atomic E-state index is 12.4. The molecule has 0 bridgehead atoms. The van der Waals surface area contributed by atoms with E-state index in [4.69, 9.17) is 4.74 Å². The van der Waals surface area contributed by atoms with E-state index < -0.39 is 0 Å². The molecule has 2 aliphatic rings. The van der Waals surface area contributed by atoms with E-state index in [0.29, 0.717) is 19.5 Å². The molecule has 6 heteroatoms. The second-order valence-corrected chi connectivity index (χ2v) is 4.86. The highest BCUT2D eigenvalue weighted by Crippen LogP contribution is 2.21. The highest BCUT2D eigenvalue weighted by Gasteiger charge is 2.39. The minimum atomic E-state index is -0.300. The fourth-order valence-electron chi connectivity index (χ4n) is 2.74. The maximum Gasteiger partial charge on any atom is 0.242 e. The van der Waals surface area contributed by atoms with Crippen molar-refractivity contribution in [2.45, 2.75) is 37.5 Å². The summed E-state index contributed by atoms with van der Waals surface area (Å²) in [6.07, 6.45) is 2.43. The first kappa shape index (κ1) is 13.3. The Hall–Kier alpha value is -1.14. The van der Waals surface area contributed by atoms with Gasteiger partial charge < -0.3 is 20.3 Å². The summed E-state index contributed by atoms with van der Waals surface area (Å²) in [7, 11) is 3.26. The summed E-state index contributed by atoms with van der Waals surface area (Å²) in [6.45, 7) is 1.37. The lowest BCUT2D eigenvalue weighted by Gasteiger charge is -2.26. The van der Waals surface area contributed by atoms with Gasteiger partial charge in [0.25, 0.3) is 0 Å². The summed E-state index contributed by atoms with van der Waals surface area (Å²) >= 11 is 0. The van der Waals surface area contributed by atoms with E-state index in [1.807, 2.05) is 0 Å². The second kappa shape index (κ2) is 5.67. The number of nitrogens with one attached hydrogen (secondary N) is 2. The van der Waals surface area contributed by atoms with E-state index in [0.717, 1.165) is 12.8 Å². The fourth-order valence-corrected chi connectivity index (χ4v) is 2.74. The van der Waals surface area contributed by atoms with Gasteiger partial charge in [0.2, 0.25) is 11.8 Å². The van der Waals surface area contributed by atoms with Crippen molar-refractivity contribution in [3.05, 3.63) is 0 Å². The molecule has 0 aromatic carbocycles. The molecule has 2 fully saturated rings. The van der Waals surface area contributed by atoms with Crippen molar-refractivity contribution < 1.29 is 14.3 Å². The third-order valence-electron chi connectivity index (χ3n) is 3.81. The molecule has 2 N–H and O–H groups in total. The number of carbonyl (C=O) groups excluding carboxylic acids is 2. The SMILES string of the molecule is CNC(=O)C1CCCN1C(=O)C1CC(OC)CN1. The van der Waals surface area contributed by atoms with Crippen LogP contribution >= 0.6 is 0 Å². The van der Waals surface area contributed by atoms with E-state index in [1.165, 1.54) is 0 Å². The zero-order valence-corrected chi connectivity index (χ0v) is 10.9. The topological polar surface area (TPSA) is 70.7 Å². The number of likely N-dealkylation sites (N-methyl/N-ethyl adjacent to an activating group) is 1. The van der Waals surface area contributed by atoms with Crippen molar-refractivity contribution in [3.63, 3.8) is 0 Å². The summed E-state index contributed by atoms with van der Waals surface area (Å²) in [5.74, 6) is -0.0391. The molecule has 3 atom stereocenters. The van der Waals surface area contributed by atoms with E-state index in [2.05, 4.69) is 10.6 Å². The summed E-state index contributed by atoms with van der Waals surface area (Å²) in [6, 6.07) is -0.508. The number of methoxy groups -OCH3 is 1. The Morgan fingerprint density at radius 1 is 1.44 bits per heavy atom. The van der Waals surface area contributed by atoms with Gasteiger partial charge in [-0.1, -0.05) is 0 Å². The summed E-state index contributed by atoms with van der Waals surface area (Å²) < 4.78 is 5.24. The molecule has 0 radical (unpaired) electrons. The number of carbonyl (C=O) groups is 2. The van der Waals surface area contributed by atoms with E-state index in [-0.39, 0.29) is 30.0 Å². The summed E-state index contributed by atoms with van der Waals surface area (Å²) in [5.41, 5.74) is 0. The van der Waals surface area contributed by atoms with Crippen LogP contribution in [0.2, 0.25) is 0 Å². The minimum absolute atomic E-state index is 0.0284. The monoisotopic (exact) mass is 255 g/mol. The highest BCUT2D eigenvalue weighted by molar-refractivity contribution is 5.90. The Morgan fingerprint density at radius 3 is 2.83 bits per heavy atom. The van der Waals surface area contributed by atoms with Gasteiger partial charge in [-0.25, -0.2) is 0 Å². The zero-order chi connectivity index (χ0) is 13.1. The zero-order valence-electron chi connectivity index (χ0n) is 10.9. The van der Waals surface area contributed by atoms with Gasteiger partial charge in [-0.05, 0) is 19.3 Å². The molecule has 0 saturated carbocycles. The van der Waals surface area contributed by atoms with Crippen LogP contribution < -0.4 is 10.6 Å². The molecule has 3 unspecified atom stereocenters. The highest BCUT2D eigenvalue weighted by atomic mass is 16.5. The van der Waals surface area contributed by atoms with Crippen LogP contribution in [-0.2, 0) is 14.3 Å². The molecular formula is C12H21N3O3. The van der Waals surface area contributed by atoms with Crippen LogP contribution in [0.4, 0.5) is 0 Å². The number of ether oxygens (including phenoxy) is 1. The Kier molecular flexibility index (Phi) is 4.19. The van der Waals surface area contributed by atoms with Gasteiger partial charge in [0.15, 0.2) is 0 Å². The van der Waals surface area contributed by atoms with E-state index in [9.17, 15) is 9.59 Å². The third kappa shape index (κ3) is 2.49. The van der Waals surface area contributed by atoms with Gasteiger partial charge in [0.1, 0.15) is 6.04 Å². The number of nitrogens with zero attached hydrogens (tertiary/aromatic N) is 1. The first-order valence-corrected chi connectivity index (χ1v) is 6.45. The molecule has 0 aromatic rings. The predicted octanol–water partition coefficient (Wildman–Crippen LogP) is -0.900. The van der Waals surface area contributed by atoms with E-state index in [1.54, 1.807) is 19.1 Å². The van der Waals surface area contributed by atoms with Gasteiger partial charge in [0.05, 0.1) is 12.1 Å². The van der Waals surface area contributed by atoms with Crippen LogP contribution in [0.15, 0.2) is 0 Å². The molecule has 0 aromatic heterocycles. The van der Waals surface area contributed by atoms with E-state index >= 15 is 0 Å². The molecular weight excluding hydrogens is 234 g/mol. The van der Waals surface area contributed by atoms with Crippen LogP contribution in [0.3, 0.4) is 0 Å². The lowest BCUT2D eigenvalue weighted by Crippen LogP contribution is -2.50. The number of likely N-dealkylation sites (tertiary alicyclic amines) is 1. The average molecular weight is 255 g/mol. The molecule has 2 heterocycles. The molecule has 0 spiro atoms. The molecule has 18 heavy (non-hydrogen) atoms. The number of rotatable bonds is 3. The molecule has 2 saturated heterocycles. The molecule has 2 amide bonds. The van der Waals surface area contributed by atoms with Crippen molar-refractivity contribution in [2.24, 2.45) is 0 Å². The standard InChI is InChI=1S/C12H21N3O3/c1-13-11(16)10-4-3-5-15(10)12(17)9-6-8(18-2)7-14-9/h8-10,14H,3-7H2,1-2H3,(H,13,16). The molecule has 6 nitrogen and oxygen atoms in total. The number of amides is 2. The second-order valence-electron chi connectivity index (χ2n) is 4.86. The van der Waals surface area contributed by atoms with Crippen molar-refractivity contribution >= 4 is 11.8 Å². The maximum atomic E-state index is 12.4. The van der Waals surface area contributed by atoms with Crippen molar-refractivity contribution in [1.29, 1.82) is 0 Å². The van der Waals surface area contributed by atoms with Crippen molar-refractivity contribution in [3.8, 4) is 0 Å². The number of hydrogen-bond donors (Lipinski definition) is 2. The Morgan fingerprint density at radius 2 is 2.22 bits per heavy atom. The van der Waals surface area contributed by atoms with Crippen LogP contribution in [0, 0.1) is 0 Å². The van der Waals surface area contributed by atoms with Crippen LogP contribution in [0.5, 0.6) is 0 Å². The normalized spacial score (nSPS) is 31.7. The molecule has 2 rings (SSSR count). The third-order valence-corrected chi connectivity index (χ3v) is 3.81. The van der Waals surface area contributed by atoms with Gasteiger partial charge in [-0.2, -0.15) is 0 Å². The summed E-state index contributed by atoms with van der Waals surface area (Å²) in [5, 5.41) is 5.79. The fraction of sp³-hybridized carbons (Fsp3) is 0.833. The van der Waals surface area contributed by atoms with Crippen LogP contribution in [0.25, 0.3) is 0 Å². The molecule has 2 aliphatic heterocycles. The Labute approximate surface area is 107 Å². The van der Waals surface area contributed by atoms with Gasteiger partial charge >= 0.3 is 0 Å². The Balaban J connectivity index is 1.98. The first-order chi connectivity index (χ1) is 8.67. The smallest absolute Gasteiger partial charge is 0.242 e. The van der Waals surface area contributed by atoms with Gasteiger partial charge in [-0.3, -0.25) is 9.59 Å². The van der Waals surface area contributed by atoms with Crippen LogP contribution in [0.1, 0.15) is 19.3 Å². The number of hydrogen-bond acceptors (Lipinski definition) is 4. The largest absolute Gasteiger partial charge is 0.380 e. The van der Waals surface area contributed by atoms with Gasteiger partial charge in [0, 0.05) is 27.2 Å². The summed E-state index contributed by atoms with van der Waals surface area (Å²) in [4.78, 5) is 25.8. The van der Waals surface area contributed by atoms with Crippen molar-refractivity contribution in [1.82, 2.24) is 15.5 Å². The first-order valence-electron chi connectivity index (χ1n) is 6.45. The lowest BCUT2D eigenvalue weighted by molar-refractivity contribution is -0.139. The predicted molar refractivity (Wildman–Crippen MR) is 66.0 cm³/mol. The molecule has 0 aliphatic carbocycles. The average Bonchev–Trinajstić information content (AvgIpc) is 3.05. The Bertz CT molecular complexity index is 335. The van der Waals surface area contributed by atoms with Crippen LogP contribution in [-0.4, -0.2) is 62.1 Å².